The van der Waals surface area contributed by atoms with Crippen LogP contribution in [0, 0.1) is 0 Å². The van der Waals surface area contributed by atoms with Gasteiger partial charge in [0.1, 0.15) is 34.4 Å². The summed E-state index contributed by atoms with van der Waals surface area (Å²) in [4.78, 5) is 33.9. The highest BCUT2D eigenvalue weighted by atomic mass is 35.5. The van der Waals surface area contributed by atoms with Gasteiger partial charge in [-0.3, -0.25) is 9.48 Å². The lowest BCUT2D eigenvalue weighted by Crippen LogP contribution is -2.42. The van der Waals surface area contributed by atoms with E-state index in [0.717, 1.165) is 5.56 Å². The second kappa shape index (κ2) is 11.5. The van der Waals surface area contributed by atoms with Crippen LogP contribution in [0.25, 0.3) is 11.4 Å². The van der Waals surface area contributed by atoms with E-state index in [2.05, 4.69) is 25.7 Å². The van der Waals surface area contributed by atoms with E-state index in [9.17, 15) is 14.7 Å². The van der Waals surface area contributed by atoms with Crippen LogP contribution in [-0.2, 0) is 29.5 Å². The number of thiazole rings is 1. The number of nitrogens with one attached hydrogen (secondary N) is 2. The Hall–Kier alpha value is -3.80. The third-order valence-electron chi connectivity index (χ3n) is 6.10. The molecule has 3 heterocycles. The number of carbonyl (C=O) groups is 2. The number of alkyl carbamates (subject to hydrolysis) is 1. The number of benzene rings is 1. The number of amides is 2. The summed E-state index contributed by atoms with van der Waals surface area (Å²) in [5.74, 6) is -0.419. The Morgan fingerprint density at radius 3 is 2.56 bits per heavy atom. The Kier molecular flexibility index (Phi) is 8.34. The van der Waals surface area contributed by atoms with Crippen molar-refractivity contribution in [3.8, 4) is 11.4 Å². The molecule has 4 aromatic rings. The lowest BCUT2D eigenvalue weighted by molar-refractivity contribution is 0.0485. The highest BCUT2D eigenvalue weighted by Gasteiger charge is 2.31. The molecule has 0 bridgehead atoms. The van der Waals surface area contributed by atoms with Gasteiger partial charge in [-0.25, -0.2) is 14.8 Å². The highest BCUT2D eigenvalue weighted by Crippen LogP contribution is 2.28. The van der Waals surface area contributed by atoms with Gasteiger partial charge in [0, 0.05) is 12.4 Å². The molecule has 0 aliphatic heterocycles. The molecule has 204 valence electrons. The average Bonchev–Trinajstić information content (AvgIpc) is 3.56. The molecule has 3 aromatic heterocycles. The molecular weight excluding hydrogens is 540 g/mol. The van der Waals surface area contributed by atoms with Crippen molar-refractivity contribution in [1.29, 1.82) is 0 Å². The molecule has 12 heteroatoms. The molecule has 1 atom stereocenters. The van der Waals surface area contributed by atoms with Gasteiger partial charge < -0.3 is 20.5 Å². The molecular formula is C27H29ClN6O4S. The predicted molar refractivity (Wildman–Crippen MR) is 148 cm³/mol. The van der Waals surface area contributed by atoms with Crippen molar-refractivity contribution in [3.63, 3.8) is 0 Å². The maximum Gasteiger partial charge on any atom is 0.408 e. The molecule has 1 unspecified atom stereocenters. The molecule has 0 saturated heterocycles. The first-order chi connectivity index (χ1) is 18.4. The first-order valence-corrected chi connectivity index (χ1v) is 13.4. The molecule has 39 heavy (non-hydrogen) atoms. The van der Waals surface area contributed by atoms with Gasteiger partial charge in [0.25, 0.3) is 5.91 Å². The molecule has 0 spiro atoms. The summed E-state index contributed by atoms with van der Waals surface area (Å²) < 4.78 is 6.81. The van der Waals surface area contributed by atoms with Crippen molar-refractivity contribution < 1.29 is 19.4 Å². The van der Waals surface area contributed by atoms with E-state index < -0.39 is 23.1 Å². The Balaban J connectivity index is 1.43. The lowest BCUT2D eigenvalue weighted by Gasteiger charge is -2.29. The first-order valence-electron chi connectivity index (χ1n) is 12.1. The van der Waals surface area contributed by atoms with E-state index in [1.54, 1.807) is 44.6 Å². The van der Waals surface area contributed by atoms with Crippen LogP contribution < -0.4 is 10.6 Å². The largest absolute Gasteiger partial charge is 0.445 e. The van der Waals surface area contributed by atoms with Crippen molar-refractivity contribution in [1.82, 2.24) is 30.4 Å². The van der Waals surface area contributed by atoms with Gasteiger partial charge >= 0.3 is 6.09 Å². The number of aliphatic hydroxyl groups is 1. The van der Waals surface area contributed by atoms with Crippen LogP contribution in [0.1, 0.15) is 48.1 Å². The summed E-state index contributed by atoms with van der Waals surface area (Å²) in [6.07, 6.45) is -0.606. The van der Waals surface area contributed by atoms with Gasteiger partial charge in [-0.15, -0.1) is 11.3 Å². The molecule has 0 aliphatic carbocycles. The minimum absolute atomic E-state index is 0.126. The smallest absolute Gasteiger partial charge is 0.408 e. The highest BCUT2D eigenvalue weighted by molar-refractivity contribution is 7.07. The standard InChI is InChI=1S/C27H29ClN6O4S/c1-26(2,32-25(36)38-13-17-8-6-5-7-9-17)18-10-22(31-23(28)11-18)27(3,37)15-29-24(35)21-12-19(33-34(21)4)20-14-39-16-30-20/h5-12,14,16,37H,13,15H2,1-4H3,(H,29,35)(H,32,36). The SMILES string of the molecule is Cn1nc(-c2cscn2)cc1C(=O)NCC(C)(O)c1cc(C(C)(C)NC(=O)OCc2ccccc2)cc(Cl)n1. The van der Waals surface area contributed by atoms with Crippen LogP contribution in [0.5, 0.6) is 0 Å². The Morgan fingerprint density at radius 2 is 1.87 bits per heavy atom. The molecule has 2 amide bonds. The normalized spacial score (nSPS) is 13.0. The molecule has 4 rings (SSSR count). The number of halogens is 1. The third kappa shape index (κ3) is 6.99. The van der Waals surface area contributed by atoms with Crippen molar-refractivity contribution in [2.45, 2.75) is 38.5 Å². The average molecular weight is 569 g/mol. The van der Waals surface area contributed by atoms with Crippen molar-refractivity contribution >= 4 is 34.9 Å². The molecule has 0 saturated carbocycles. The van der Waals surface area contributed by atoms with Gasteiger partial charge in [0.05, 0.1) is 23.3 Å². The number of aromatic nitrogens is 4. The second-order valence-corrected chi connectivity index (χ2v) is 10.9. The van der Waals surface area contributed by atoms with E-state index in [0.29, 0.717) is 22.6 Å². The number of carbonyl (C=O) groups excluding carboxylic acids is 2. The fraction of sp³-hybridized carbons (Fsp3) is 0.296. The summed E-state index contributed by atoms with van der Waals surface area (Å²) in [5.41, 5.74) is 2.47. The van der Waals surface area contributed by atoms with E-state index >= 15 is 0 Å². The Bertz CT molecular complexity index is 1450. The molecule has 0 radical (unpaired) electrons. The monoisotopic (exact) mass is 568 g/mol. The van der Waals surface area contributed by atoms with Crippen LogP contribution >= 0.6 is 22.9 Å². The summed E-state index contributed by atoms with van der Waals surface area (Å²) in [7, 11) is 1.66. The zero-order valence-electron chi connectivity index (χ0n) is 21.9. The van der Waals surface area contributed by atoms with Crippen LogP contribution in [0.15, 0.2) is 59.4 Å². The Labute approximate surface area is 235 Å². The van der Waals surface area contributed by atoms with Crippen molar-refractivity contribution in [3.05, 3.63) is 87.1 Å². The lowest BCUT2D eigenvalue weighted by atomic mass is 9.91. The first kappa shape index (κ1) is 28.2. The number of hydrogen-bond acceptors (Lipinski definition) is 8. The van der Waals surface area contributed by atoms with Crippen LogP contribution in [-0.4, -0.2) is 43.4 Å². The zero-order chi connectivity index (χ0) is 28.2. The second-order valence-electron chi connectivity index (χ2n) is 9.74. The fourth-order valence-electron chi connectivity index (χ4n) is 3.80. The summed E-state index contributed by atoms with van der Waals surface area (Å²) in [6, 6.07) is 14.2. The van der Waals surface area contributed by atoms with Gasteiger partial charge in [-0.1, -0.05) is 41.9 Å². The predicted octanol–water partition coefficient (Wildman–Crippen LogP) is 4.39. The summed E-state index contributed by atoms with van der Waals surface area (Å²) in [5, 5.41) is 23.1. The Morgan fingerprint density at radius 1 is 1.13 bits per heavy atom. The molecule has 1 aromatic carbocycles. The topological polar surface area (TPSA) is 131 Å². The molecule has 0 fully saturated rings. The van der Waals surface area contributed by atoms with Crippen molar-refractivity contribution in [2.75, 3.05) is 6.54 Å². The zero-order valence-corrected chi connectivity index (χ0v) is 23.5. The van der Waals surface area contributed by atoms with Gasteiger partial charge in [-0.2, -0.15) is 5.10 Å². The third-order valence-corrected chi connectivity index (χ3v) is 6.88. The van der Waals surface area contributed by atoms with Crippen LogP contribution in [0.4, 0.5) is 4.79 Å². The van der Waals surface area contributed by atoms with Gasteiger partial charge in [0.2, 0.25) is 0 Å². The van der Waals surface area contributed by atoms with Crippen LogP contribution in [0.2, 0.25) is 5.15 Å². The van der Waals surface area contributed by atoms with E-state index in [1.807, 2.05) is 35.7 Å². The van der Waals surface area contributed by atoms with E-state index in [1.165, 1.54) is 22.9 Å². The summed E-state index contributed by atoms with van der Waals surface area (Å²) in [6.45, 7) is 5.06. The maximum absolute atomic E-state index is 12.9. The van der Waals surface area contributed by atoms with E-state index in [-0.39, 0.29) is 24.0 Å². The number of pyridine rings is 1. The van der Waals surface area contributed by atoms with Gasteiger partial charge in [0.15, 0.2) is 0 Å². The number of rotatable bonds is 9. The molecule has 3 N–H and O–H groups in total. The maximum atomic E-state index is 12.9. The number of hydrogen-bond donors (Lipinski definition) is 3. The molecule has 10 nitrogen and oxygen atoms in total. The van der Waals surface area contributed by atoms with E-state index in [4.69, 9.17) is 16.3 Å². The minimum Gasteiger partial charge on any atom is -0.445 e. The quantitative estimate of drug-likeness (QED) is 0.255. The number of nitrogens with zero attached hydrogens (tertiary/aromatic N) is 4. The summed E-state index contributed by atoms with van der Waals surface area (Å²) >= 11 is 7.74. The number of ether oxygens (including phenoxy) is 1. The molecule has 0 aliphatic rings. The minimum atomic E-state index is -1.57. The fourth-order valence-corrected chi connectivity index (χ4v) is 4.55. The number of aryl methyl sites for hydroxylation is 1. The van der Waals surface area contributed by atoms with Crippen molar-refractivity contribution in [2.24, 2.45) is 7.05 Å². The van der Waals surface area contributed by atoms with Crippen LogP contribution in [0.3, 0.4) is 0 Å². The van der Waals surface area contributed by atoms with Gasteiger partial charge in [-0.05, 0) is 50.1 Å².